The standard InChI is InChI=1S/C14H21FN2/c1-2-3-6-17(13-4-5-13)14-8-11(10-16)7-12(15)9-14/h7-9,13H,2-6,10,16H2,1H3. The van der Waals surface area contributed by atoms with Gasteiger partial charge in [0.15, 0.2) is 0 Å². The van der Waals surface area contributed by atoms with E-state index >= 15 is 0 Å². The highest BCUT2D eigenvalue weighted by Gasteiger charge is 2.29. The van der Waals surface area contributed by atoms with Gasteiger partial charge >= 0.3 is 0 Å². The second-order valence-corrected chi connectivity index (χ2v) is 4.80. The quantitative estimate of drug-likeness (QED) is 0.822. The van der Waals surface area contributed by atoms with Crippen LogP contribution in [0.1, 0.15) is 38.2 Å². The van der Waals surface area contributed by atoms with Crippen LogP contribution in [-0.2, 0) is 6.54 Å². The van der Waals surface area contributed by atoms with Crippen LogP contribution in [0.2, 0.25) is 0 Å². The van der Waals surface area contributed by atoms with E-state index in [2.05, 4.69) is 11.8 Å². The van der Waals surface area contributed by atoms with Gasteiger partial charge in [0.05, 0.1) is 0 Å². The molecule has 0 radical (unpaired) electrons. The van der Waals surface area contributed by atoms with Crippen molar-refractivity contribution >= 4 is 5.69 Å². The molecular weight excluding hydrogens is 215 g/mol. The molecule has 0 atom stereocenters. The lowest BCUT2D eigenvalue weighted by Crippen LogP contribution is -2.27. The summed E-state index contributed by atoms with van der Waals surface area (Å²) in [4.78, 5) is 2.34. The monoisotopic (exact) mass is 236 g/mol. The summed E-state index contributed by atoms with van der Waals surface area (Å²) in [6.45, 7) is 3.60. The molecule has 1 fully saturated rings. The van der Waals surface area contributed by atoms with Gasteiger partial charge in [-0.3, -0.25) is 0 Å². The van der Waals surface area contributed by atoms with Crippen LogP contribution in [-0.4, -0.2) is 12.6 Å². The number of hydrogen-bond donors (Lipinski definition) is 1. The maximum absolute atomic E-state index is 13.5. The summed E-state index contributed by atoms with van der Waals surface area (Å²) in [7, 11) is 0. The van der Waals surface area contributed by atoms with Gasteiger partial charge in [0.2, 0.25) is 0 Å². The zero-order valence-electron chi connectivity index (χ0n) is 10.5. The average molecular weight is 236 g/mol. The first kappa shape index (κ1) is 12.4. The molecule has 1 aromatic carbocycles. The van der Waals surface area contributed by atoms with Crippen LogP contribution in [0.25, 0.3) is 0 Å². The lowest BCUT2D eigenvalue weighted by Gasteiger charge is -2.25. The molecule has 1 aromatic rings. The van der Waals surface area contributed by atoms with Crippen molar-refractivity contribution in [1.82, 2.24) is 0 Å². The number of anilines is 1. The fourth-order valence-electron chi connectivity index (χ4n) is 2.15. The molecule has 0 bridgehead atoms. The van der Waals surface area contributed by atoms with Gasteiger partial charge in [0.1, 0.15) is 5.82 Å². The van der Waals surface area contributed by atoms with E-state index in [-0.39, 0.29) is 5.82 Å². The second-order valence-electron chi connectivity index (χ2n) is 4.80. The van der Waals surface area contributed by atoms with Crippen molar-refractivity contribution in [2.75, 3.05) is 11.4 Å². The Labute approximate surface area is 103 Å². The molecule has 0 unspecified atom stereocenters. The van der Waals surface area contributed by atoms with E-state index in [0.717, 1.165) is 24.2 Å². The number of unbranched alkanes of at least 4 members (excludes halogenated alkanes) is 1. The summed E-state index contributed by atoms with van der Waals surface area (Å²) in [5.74, 6) is -0.176. The summed E-state index contributed by atoms with van der Waals surface area (Å²) < 4.78 is 13.5. The zero-order chi connectivity index (χ0) is 12.3. The van der Waals surface area contributed by atoms with Crippen molar-refractivity contribution in [3.8, 4) is 0 Å². The molecule has 17 heavy (non-hydrogen) atoms. The van der Waals surface area contributed by atoms with E-state index in [4.69, 9.17) is 5.73 Å². The predicted molar refractivity (Wildman–Crippen MR) is 69.6 cm³/mol. The molecule has 2 rings (SSSR count). The molecule has 1 aliphatic rings. The first-order valence-electron chi connectivity index (χ1n) is 6.50. The number of nitrogens with zero attached hydrogens (tertiary/aromatic N) is 1. The third kappa shape index (κ3) is 3.19. The van der Waals surface area contributed by atoms with E-state index in [1.165, 1.54) is 25.3 Å². The van der Waals surface area contributed by atoms with Crippen molar-refractivity contribution in [2.24, 2.45) is 5.73 Å². The first-order chi connectivity index (χ1) is 8.24. The van der Waals surface area contributed by atoms with Crippen LogP contribution in [0, 0.1) is 5.82 Å². The molecule has 2 nitrogen and oxygen atoms in total. The molecule has 0 heterocycles. The summed E-state index contributed by atoms with van der Waals surface area (Å²) >= 11 is 0. The van der Waals surface area contributed by atoms with Gasteiger partial charge in [0, 0.05) is 24.8 Å². The predicted octanol–water partition coefficient (Wildman–Crippen LogP) is 3.05. The fourth-order valence-corrected chi connectivity index (χ4v) is 2.15. The number of benzene rings is 1. The summed E-state index contributed by atoms with van der Waals surface area (Å²) in [6, 6.07) is 5.80. The maximum atomic E-state index is 13.5. The van der Waals surface area contributed by atoms with Crippen LogP contribution < -0.4 is 10.6 Å². The lowest BCUT2D eigenvalue weighted by atomic mass is 10.1. The second kappa shape index (κ2) is 5.50. The van der Waals surface area contributed by atoms with Crippen LogP contribution >= 0.6 is 0 Å². The highest BCUT2D eigenvalue weighted by atomic mass is 19.1. The molecule has 0 aliphatic heterocycles. The van der Waals surface area contributed by atoms with Gasteiger partial charge in [-0.15, -0.1) is 0 Å². The van der Waals surface area contributed by atoms with Crippen molar-refractivity contribution in [3.63, 3.8) is 0 Å². The Morgan fingerprint density at radius 1 is 1.35 bits per heavy atom. The minimum atomic E-state index is -0.176. The third-order valence-corrected chi connectivity index (χ3v) is 3.25. The summed E-state index contributed by atoms with van der Waals surface area (Å²) in [6.07, 6.45) is 4.80. The molecule has 1 aliphatic carbocycles. The van der Waals surface area contributed by atoms with Crippen molar-refractivity contribution in [3.05, 3.63) is 29.6 Å². The Hall–Kier alpha value is -1.09. The van der Waals surface area contributed by atoms with Crippen molar-refractivity contribution < 1.29 is 4.39 Å². The normalized spacial score (nSPS) is 15.0. The van der Waals surface area contributed by atoms with E-state index < -0.39 is 0 Å². The Morgan fingerprint density at radius 2 is 2.12 bits per heavy atom. The Morgan fingerprint density at radius 3 is 2.71 bits per heavy atom. The van der Waals surface area contributed by atoms with Gasteiger partial charge in [-0.05, 0) is 43.0 Å². The topological polar surface area (TPSA) is 29.3 Å². The maximum Gasteiger partial charge on any atom is 0.125 e. The minimum Gasteiger partial charge on any atom is -0.368 e. The van der Waals surface area contributed by atoms with Crippen molar-refractivity contribution in [2.45, 2.75) is 45.2 Å². The zero-order valence-corrected chi connectivity index (χ0v) is 10.5. The van der Waals surface area contributed by atoms with Crippen molar-refractivity contribution in [1.29, 1.82) is 0 Å². The van der Waals surface area contributed by atoms with Crippen LogP contribution in [0.15, 0.2) is 18.2 Å². The van der Waals surface area contributed by atoms with Crippen LogP contribution in [0.4, 0.5) is 10.1 Å². The molecule has 3 heteroatoms. The number of nitrogens with two attached hydrogens (primary N) is 1. The summed E-state index contributed by atoms with van der Waals surface area (Å²) in [5, 5.41) is 0. The average Bonchev–Trinajstić information content (AvgIpc) is 3.13. The Bertz CT molecular complexity index is 374. The molecule has 1 saturated carbocycles. The van der Waals surface area contributed by atoms with Gasteiger partial charge < -0.3 is 10.6 Å². The molecule has 0 saturated heterocycles. The van der Waals surface area contributed by atoms with Gasteiger partial charge in [0.25, 0.3) is 0 Å². The third-order valence-electron chi connectivity index (χ3n) is 3.25. The van der Waals surface area contributed by atoms with Gasteiger partial charge in [-0.1, -0.05) is 13.3 Å². The van der Waals surface area contributed by atoms with E-state index in [1.54, 1.807) is 6.07 Å². The summed E-state index contributed by atoms with van der Waals surface area (Å²) in [5.41, 5.74) is 7.47. The van der Waals surface area contributed by atoms with E-state index in [9.17, 15) is 4.39 Å². The SMILES string of the molecule is CCCCN(c1cc(F)cc(CN)c1)C1CC1. The molecule has 2 N–H and O–H groups in total. The molecule has 0 aromatic heterocycles. The van der Waals surface area contributed by atoms with Gasteiger partial charge in [-0.25, -0.2) is 4.39 Å². The molecule has 94 valence electrons. The van der Waals surface area contributed by atoms with Crippen LogP contribution in [0.5, 0.6) is 0 Å². The number of halogens is 1. The molecular formula is C14H21FN2. The van der Waals surface area contributed by atoms with Crippen LogP contribution in [0.3, 0.4) is 0 Å². The number of hydrogen-bond acceptors (Lipinski definition) is 2. The van der Waals surface area contributed by atoms with Gasteiger partial charge in [-0.2, -0.15) is 0 Å². The highest BCUT2D eigenvalue weighted by Crippen LogP contribution is 2.32. The number of rotatable bonds is 6. The highest BCUT2D eigenvalue weighted by molar-refractivity contribution is 5.51. The lowest BCUT2D eigenvalue weighted by molar-refractivity contribution is 0.622. The van der Waals surface area contributed by atoms with E-state index in [1.807, 2.05) is 6.07 Å². The molecule has 0 amide bonds. The Balaban J connectivity index is 2.18. The van der Waals surface area contributed by atoms with E-state index in [0.29, 0.717) is 12.6 Å². The fraction of sp³-hybridized carbons (Fsp3) is 0.571. The largest absolute Gasteiger partial charge is 0.368 e. The molecule has 0 spiro atoms. The Kier molecular flexibility index (Phi) is 4.00. The smallest absolute Gasteiger partial charge is 0.125 e. The first-order valence-corrected chi connectivity index (χ1v) is 6.50. The minimum absolute atomic E-state index is 0.176.